The molecule has 0 saturated carbocycles. The van der Waals surface area contributed by atoms with Crippen molar-refractivity contribution < 1.29 is 29.1 Å². The van der Waals surface area contributed by atoms with E-state index in [2.05, 4.69) is 26.6 Å². The number of hydrogen-bond acceptors (Lipinski definition) is 8. The molecule has 0 aliphatic heterocycles. The minimum Gasteiger partial charge on any atom is -0.508 e. The van der Waals surface area contributed by atoms with Crippen molar-refractivity contribution >= 4 is 41.3 Å². The highest BCUT2D eigenvalue weighted by Crippen LogP contribution is 2.11. The van der Waals surface area contributed by atoms with Gasteiger partial charge in [-0.15, -0.1) is 0 Å². The Morgan fingerprint density at radius 2 is 1.33 bits per heavy atom. The Balaban J connectivity index is 2.01. The number of phenols is 1. The van der Waals surface area contributed by atoms with E-state index in [-0.39, 0.29) is 30.5 Å². The van der Waals surface area contributed by atoms with Crippen molar-refractivity contribution in [2.45, 2.75) is 77.2 Å². The molecule has 0 heterocycles. The maximum atomic E-state index is 13.4. The van der Waals surface area contributed by atoms with Crippen molar-refractivity contribution in [2.75, 3.05) is 18.6 Å². The topological polar surface area (TPSA) is 192 Å². The van der Waals surface area contributed by atoms with Gasteiger partial charge in [-0.3, -0.25) is 24.0 Å². The molecule has 0 saturated heterocycles. The van der Waals surface area contributed by atoms with E-state index < -0.39 is 54.3 Å². The second-order valence-electron chi connectivity index (χ2n) is 11.2. The van der Waals surface area contributed by atoms with Crippen LogP contribution in [0.4, 0.5) is 0 Å². The van der Waals surface area contributed by atoms with Crippen molar-refractivity contribution in [3.05, 3.63) is 65.2 Å². The second-order valence-corrected chi connectivity index (χ2v) is 12.2. The first-order valence-electron chi connectivity index (χ1n) is 14.8. The minimum atomic E-state index is -1.02. The molecule has 0 bridgehead atoms. The first-order valence-corrected chi connectivity index (χ1v) is 16.2. The minimum absolute atomic E-state index is 0.0950. The third-order valence-corrected chi connectivity index (χ3v) is 7.43. The third-order valence-electron chi connectivity index (χ3n) is 6.79. The molecule has 2 rings (SSSR count). The van der Waals surface area contributed by atoms with Crippen LogP contribution in [0.2, 0.25) is 0 Å². The highest BCUT2D eigenvalue weighted by atomic mass is 32.2. The Morgan fingerprint density at radius 1 is 0.756 bits per heavy atom. The summed E-state index contributed by atoms with van der Waals surface area (Å²) in [5, 5.41) is 22.7. The van der Waals surface area contributed by atoms with Crippen LogP contribution in [-0.2, 0) is 36.8 Å². The summed E-state index contributed by atoms with van der Waals surface area (Å²) in [6.45, 7) is 6.62. The summed E-state index contributed by atoms with van der Waals surface area (Å²) in [5.74, 6) is -1.88. The standard InChI is InChI=1S/C32H46N6O6S/c1-19(2)35-31(43)26(14-15-45-5)38-32(44)27(17-23-8-6-20(3)7-9-23)37-28(40)18-34-29(41)21(4)36-30(42)25(33)16-22-10-12-24(39)13-11-22/h6-13,19,21,25-27,39H,14-18,33H2,1-5H3,(H,34,41)(H,35,43)(H,36,42)(H,37,40)(H,38,44)/t21-,25+,26+,27+/m1/s1. The van der Waals surface area contributed by atoms with Crippen LogP contribution in [0.25, 0.3) is 0 Å². The Labute approximate surface area is 269 Å². The summed E-state index contributed by atoms with van der Waals surface area (Å²) in [5.41, 5.74) is 8.56. The van der Waals surface area contributed by atoms with E-state index in [0.29, 0.717) is 12.2 Å². The Hall–Kier alpha value is -4.10. The van der Waals surface area contributed by atoms with Crippen LogP contribution in [0.15, 0.2) is 48.5 Å². The number of phenolic OH excluding ortho intramolecular Hbond substituents is 1. The van der Waals surface area contributed by atoms with Gasteiger partial charge < -0.3 is 37.4 Å². The van der Waals surface area contributed by atoms with E-state index in [0.717, 1.165) is 16.7 Å². The quantitative estimate of drug-likeness (QED) is 0.131. The van der Waals surface area contributed by atoms with Gasteiger partial charge in [0, 0.05) is 12.5 Å². The second kappa shape index (κ2) is 18.6. The van der Waals surface area contributed by atoms with E-state index >= 15 is 0 Å². The van der Waals surface area contributed by atoms with Crippen LogP contribution in [-0.4, -0.2) is 83.4 Å². The predicted molar refractivity (Wildman–Crippen MR) is 175 cm³/mol. The fourth-order valence-corrected chi connectivity index (χ4v) is 4.73. The number of nitrogens with one attached hydrogen (secondary N) is 5. The number of thioether (sulfide) groups is 1. The van der Waals surface area contributed by atoms with Gasteiger partial charge >= 0.3 is 0 Å². The van der Waals surface area contributed by atoms with E-state index in [1.807, 2.05) is 51.3 Å². The molecule has 0 aromatic heterocycles. The Bertz CT molecular complexity index is 1290. The van der Waals surface area contributed by atoms with Crippen molar-refractivity contribution in [2.24, 2.45) is 5.73 Å². The fourth-order valence-electron chi connectivity index (χ4n) is 4.26. The molecule has 45 heavy (non-hydrogen) atoms. The molecule has 246 valence electrons. The van der Waals surface area contributed by atoms with Gasteiger partial charge in [0.25, 0.3) is 0 Å². The third kappa shape index (κ3) is 13.6. The van der Waals surface area contributed by atoms with Crippen LogP contribution in [0.3, 0.4) is 0 Å². The molecule has 0 aliphatic rings. The number of amides is 5. The number of carbonyl (C=O) groups is 5. The van der Waals surface area contributed by atoms with Gasteiger partial charge in [0.1, 0.15) is 23.9 Å². The zero-order valence-corrected chi connectivity index (χ0v) is 27.3. The normalized spacial score (nSPS) is 13.6. The van der Waals surface area contributed by atoms with Crippen molar-refractivity contribution in [3.63, 3.8) is 0 Å². The molecular weight excluding hydrogens is 596 g/mol. The van der Waals surface area contributed by atoms with Crippen molar-refractivity contribution in [3.8, 4) is 5.75 Å². The van der Waals surface area contributed by atoms with Crippen LogP contribution < -0.4 is 32.3 Å². The van der Waals surface area contributed by atoms with E-state index in [1.54, 1.807) is 23.9 Å². The summed E-state index contributed by atoms with van der Waals surface area (Å²) in [7, 11) is 0. The summed E-state index contributed by atoms with van der Waals surface area (Å²) in [6, 6.07) is 9.96. The number of benzene rings is 2. The molecule has 8 N–H and O–H groups in total. The van der Waals surface area contributed by atoms with Gasteiger partial charge in [-0.05, 0) is 75.8 Å². The zero-order chi connectivity index (χ0) is 33.5. The molecule has 5 amide bonds. The number of aromatic hydroxyl groups is 1. The highest BCUT2D eigenvalue weighted by Gasteiger charge is 2.28. The lowest BCUT2D eigenvalue weighted by Crippen LogP contribution is -2.56. The molecule has 0 unspecified atom stereocenters. The molecule has 0 aliphatic carbocycles. The van der Waals surface area contributed by atoms with Gasteiger partial charge in [0.05, 0.1) is 12.6 Å². The number of hydrogen-bond donors (Lipinski definition) is 7. The lowest BCUT2D eigenvalue weighted by Gasteiger charge is -2.24. The lowest BCUT2D eigenvalue weighted by molar-refractivity contribution is -0.133. The Morgan fingerprint density at radius 3 is 1.93 bits per heavy atom. The molecule has 2 aromatic carbocycles. The van der Waals surface area contributed by atoms with Gasteiger partial charge in [0.2, 0.25) is 29.5 Å². The maximum Gasteiger partial charge on any atom is 0.243 e. The van der Waals surface area contributed by atoms with Crippen LogP contribution in [0.1, 0.15) is 43.9 Å². The van der Waals surface area contributed by atoms with Crippen molar-refractivity contribution in [1.82, 2.24) is 26.6 Å². The predicted octanol–water partition coefficient (Wildman–Crippen LogP) is 0.681. The summed E-state index contributed by atoms with van der Waals surface area (Å²) in [4.78, 5) is 64.3. The SMILES string of the molecule is CSCC[C@H](NC(=O)[C@H](Cc1ccc(C)cc1)NC(=O)CNC(=O)[C@@H](C)NC(=O)[C@@H](N)Cc1ccc(O)cc1)C(=O)NC(C)C. The Kier molecular flexibility index (Phi) is 15.4. The molecule has 0 radical (unpaired) electrons. The van der Waals surface area contributed by atoms with Crippen LogP contribution >= 0.6 is 11.8 Å². The molecule has 0 fully saturated rings. The van der Waals surface area contributed by atoms with Crippen LogP contribution in [0, 0.1) is 6.92 Å². The lowest BCUT2D eigenvalue weighted by atomic mass is 10.0. The monoisotopic (exact) mass is 642 g/mol. The average Bonchev–Trinajstić information content (AvgIpc) is 2.99. The molecule has 4 atom stereocenters. The van der Waals surface area contributed by atoms with Gasteiger partial charge in [-0.1, -0.05) is 42.0 Å². The summed E-state index contributed by atoms with van der Waals surface area (Å²) < 4.78 is 0. The molecule has 12 nitrogen and oxygen atoms in total. The first kappa shape index (κ1) is 37.1. The fraction of sp³-hybridized carbons (Fsp3) is 0.469. The first-order chi connectivity index (χ1) is 21.3. The molecule has 0 spiro atoms. The summed E-state index contributed by atoms with van der Waals surface area (Å²) >= 11 is 1.55. The maximum absolute atomic E-state index is 13.4. The smallest absolute Gasteiger partial charge is 0.243 e. The molecule has 13 heteroatoms. The molecule has 2 aromatic rings. The number of carbonyl (C=O) groups excluding carboxylic acids is 5. The average molecular weight is 643 g/mol. The number of nitrogens with two attached hydrogens (primary N) is 1. The van der Waals surface area contributed by atoms with Crippen LogP contribution in [0.5, 0.6) is 5.75 Å². The molecular formula is C32H46N6O6S. The van der Waals surface area contributed by atoms with E-state index in [9.17, 15) is 29.1 Å². The van der Waals surface area contributed by atoms with Crippen molar-refractivity contribution in [1.29, 1.82) is 0 Å². The largest absolute Gasteiger partial charge is 0.508 e. The zero-order valence-electron chi connectivity index (χ0n) is 26.5. The van der Waals surface area contributed by atoms with Gasteiger partial charge in [0.15, 0.2) is 0 Å². The number of aryl methyl sites for hydroxylation is 1. The van der Waals surface area contributed by atoms with E-state index in [1.165, 1.54) is 19.1 Å². The highest BCUT2D eigenvalue weighted by molar-refractivity contribution is 7.98. The van der Waals surface area contributed by atoms with Gasteiger partial charge in [-0.2, -0.15) is 11.8 Å². The van der Waals surface area contributed by atoms with E-state index in [4.69, 9.17) is 5.73 Å². The summed E-state index contributed by atoms with van der Waals surface area (Å²) in [6.07, 6.45) is 2.68. The van der Waals surface area contributed by atoms with Gasteiger partial charge in [-0.25, -0.2) is 0 Å². The number of rotatable bonds is 17.